The largest absolute Gasteiger partial charge is 0.393 e. The fraction of sp³-hybridized carbons (Fsp3) is 0.667. The van der Waals surface area contributed by atoms with Crippen LogP contribution in [0, 0.1) is 23.0 Å². The summed E-state index contributed by atoms with van der Waals surface area (Å²) < 4.78 is 0. The van der Waals surface area contributed by atoms with E-state index in [4.69, 9.17) is 0 Å². The van der Waals surface area contributed by atoms with Crippen LogP contribution in [0.3, 0.4) is 0 Å². The summed E-state index contributed by atoms with van der Waals surface area (Å²) in [7, 11) is 1.67. The molecular formula is C12H19N5O3. The van der Waals surface area contributed by atoms with Crippen LogP contribution in [0.1, 0.15) is 19.0 Å². The lowest BCUT2D eigenvalue weighted by molar-refractivity contribution is -0.385. The quantitative estimate of drug-likeness (QED) is 0.625. The molecule has 8 heteroatoms. The molecule has 2 N–H and O–H groups in total. The van der Waals surface area contributed by atoms with Crippen molar-refractivity contribution in [3.8, 4) is 0 Å². The number of aromatic nitrogens is 2. The molecule has 0 aromatic carbocycles. The molecule has 0 spiro atoms. The van der Waals surface area contributed by atoms with Crippen LogP contribution < -0.4 is 10.2 Å². The average molecular weight is 281 g/mol. The highest BCUT2D eigenvalue weighted by molar-refractivity contribution is 5.62. The zero-order valence-electron chi connectivity index (χ0n) is 11.8. The van der Waals surface area contributed by atoms with Gasteiger partial charge in [0.1, 0.15) is 5.69 Å². The minimum absolute atomic E-state index is 0.0600. The molecule has 0 amide bonds. The number of nitrogens with zero attached hydrogens (tertiary/aromatic N) is 4. The third-order valence-electron chi connectivity index (χ3n) is 3.65. The van der Waals surface area contributed by atoms with Gasteiger partial charge in [-0.25, -0.2) is 4.98 Å². The second-order valence-electron chi connectivity index (χ2n) is 5.05. The number of hydrogen-bond acceptors (Lipinski definition) is 7. The predicted molar refractivity (Wildman–Crippen MR) is 75.0 cm³/mol. The molecule has 0 radical (unpaired) electrons. The number of anilines is 2. The molecule has 1 aliphatic rings. The summed E-state index contributed by atoms with van der Waals surface area (Å²) in [6.45, 7) is 4.56. The molecule has 2 rings (SSSR count). The lowest BCUT2D eigenvalue weighted by atomic mass is 10.0. The normalized spacial score (nSPS) is 20.0. The van der Waals surface area contributed by atoms with Gasteiger partial charge in [-0.2, -0.15) is 4.98 Å². The second kappa shape index (κ2) is 5.58. The number of aliphatic hydroxyl groups is 1. The third-order valence-corrected chi connectivity index (χ3v) is 3.65. The first-order valence-electron chi connectivity index (χ1n) is 6.57. The molecule has 0 saturated carbocycles. The zero-order chi connectivity index (χ0) is 14.9. The molecule has 2 unspecified atom stereocenters. The van der Waals surface area contributed by atoms with Crippen molar-refractivity contribution < 1.29 is 10.0 Å². The van der Waals surface area contributed by atoms with E-state index in [1.807, 2.05) is 4.90 Å². The summed E-state index contributed by atoms with van der Waals surface area (Å²) in [6, 6.07) is 0. The maximum Gasteiger partial charge on any atom is 0.332 e. The van der Waals surface area contributed by atoms with E-state index in [0.717, 1.165) is 6.42 Å². The summed E-state index contributed by atoms with van der Waals surface area (Å²) in [4.78, 5) is 20.9. The smallest absolute Gasteiger partial charge is 0.332 e. The van der Waals surface area contributed by atoms with E-state index in [-0.39, 0.29) is 11.6 Å². The van der Waals surface area contributed by atoms with Gasteiger partial charge in [-0.3, -0.25) is 10.1 Å². The van der Waals surface area contributed by atoms with Crippen LogP contribution in [0.2, 0.25) is 0 Å². The molecule has 110 valence electrons. The molecule has 0 bridgehead atoms. The Morgan fingerprint density at radius 2 is 2.25 bits per heavy atom. The maximum absolute atomic E-state index is 11.2. The van der Waals surface area contributed by atoms with Crippen molar-refractivity contribution in [2.45, 2.75) is 26.4 Å². The van der Waals surface area contributed by atoms with Gasteiger partial charge in [-0.05, 0) is 20.3 Å². The Kier molecular flexibility index (Phi) is 4.03. The van der Waals surface area contributed by atoms with Crippen LogP contribution in [0.15, 0.2) is 0 Å². The molecule has 1 aromatic heterocycles. The zero-order valence-corrected chi connectivity index (χ0v) is 11.8. The van der Waals surface area contributed by atoms with Crippen molar-refractivity contribution >= 4 is 17.5 Å². The lowest BCUT2D eigenvalue weighted by Crippen LogP contribution is -2.26. The monoisotopic (exact) mass is 281 g/mol. The Bertz CT molecular complexity index is 520. The van der Waals surface area contributed by atoms with Gasteiger partial charge in [0.2, 0.25) is 11.8 Å². The number of aryl methyl sites for hydroxylation is 1. The van der Waals surface area contributed by atoms with E-state index in [1.165, 1.54) is 0 Å². The van der Waals surface area contributed by atoms with Crippen molar-refractivity contribution in [3.63, 3.8) is 0 Å². The summed E-state index contributed by atoms with van der Waals surface area (Å²) in [5.41, 5.74) is 0.278. The second-order valence-corrected chi connectivity index (χ2v) is 5.05. The SMILES string of the molecule is CNc1nc(C)c([N+](=O)[O-])c(N2CCC(C(C)O)C2)n1. The molecule has 1 saturated heterocycles. The van der Waals surface area contributed by atoms with Crippen LogP contribution in [0.25, 0.3) is 0 Å². The van der Waals surface area contributed by atoms with Crippen molar-refractivity contribution in [1.29, 1.82) is 0 Å². The van der Waals surface area contributed by atoms with Gasteiger partial charge < -0.3 is 15.3 Å². The molecule has 20 heavy (non-hydrogen) atoms. The number of nitro groups is 1. The summed E-state index contributed by atoms with van der Waals surface area (Å²) in [5.74, 6) is 0.807. The van der Waals surface area contributed by atoms with E-state index in [0.29, 0.717) is 30.5 Å². The van der Waals surface area contributed by atoms with Crippen LogP contribution >= 0.6 is 0 Å². The minimum Gasteiger partial charge on any atom is -0.393 e. The molecule has 1 aliphatic heterocycles. The van der Waals surface area contributed by atoms with E-state index in [1.54, 1.807) is 20.9 Å². The average Bonchev–Trinajstić information content (AvgIpc) is 2.86. The first-order valence-corrected chi connectivity index (χ1v) is 6.57. The van der Waals surface area contributed by atoms with Gasteiger partial charge in [0.25, 0.3) is 0 Å². The topological polar surface area (TPSA) is 104 Å². The van der Waals surface area contributed by atoms with Crippen molar-refractivity contribution in [2.75, 3.05) is 30.4 Å². The molecule has 0 aliphatic carbocycles. The maximum atomic E-state index is 11.2. The van der Waals surface area contributed by atoms with Gasteiger partial charge in [0, 0.05) is 26.1 Å². The van der Waals surface area contributed by atoms with Crippen LogP contribution in [0.4, 0.5) is 17.5 Å². The molecular weight excluding hydrogens is 262 g/mol. The Morgan fingerprint density at radius 1 is 1.55 bits per heavy atom. The van der Waals surface area contributed by atoms with Gasteiger partial charge in [0.15, 0.2) is 0 Å². The van der Waals surface area contributed by atoms with Gasteiger partial charge in [-0.15, -0.1) is 0 Å². The minimum atomic E-state index is -0.445. The van der Waals surface area contributed by atoms with E-state index < -0.39 is 11.0 Å². The molecule has 8 nitrogen and oxygen atoms in total. The van der Waals surface area contributed by atoms with Crippen molar-refractivity contribution in [1.82, 2.24) is 9.97 Å². The molecule has 1 aromatic rings. The summed E-state index contributed by atoms with van der Waals surface area (Å²) in [6.07, 6.45) is 0.373. The molecule has 1 fully saturated rings. The Labute approximate surface area is 117 Å². The van der Waals surface area contributed by atoms with Crippen LogP contribution in [-0.2, 0) is 0 Å². The fourth-order valence-electron chi connectivity index (χ4n) is 2.47. The van der Waals surface area contributed by atoms with E-state index >= 15 is 0 Å². The van der Waals surface area contributed by atoms with Gasteiger partial charge in [0.05, 0.1) is 11.0 Å². The Hall–Kier alpha value is -1.96. The number of rotatable bonds is 4. The first-order chi connectivity index (χ1) is 9.43. The summed E-state index contributed by atoms with van der Waals surface area (Å²) in [5, 5.41) is 23.7. The van der Waals surface area contributed by atoms with Gasteiger partial charge >= 0.3 is 5.69 Å². The lowest BCUT2D eigenvalue weighted by Gasteiger charge is -2.19. The fourth-order valence-corrected chi connectivity index (χ4v) is 2.47. The number of hydrogen-bond donors (Lipinski definition) is 2. The number of nitrogens with one attached hydrogen (secondary N) is 1. The Balaban J connectivity index is 2.39. The molecule has 2 heterocycles. The summed E-state index contributed by atoms with van der Waals surface area (Å²) >= 11 is 0. The third kappa shape index (κ3) is 2.64. The van der Waals surface area contributed by atoms with Crippen LogP contribution in [-0.4, -0.2) is 46.2 Å². The van der Waals surface area contributed by atoms with E-state index in [9.17, 15) is 15.2 Å². The van der Waals surface area contributed by atoms with Crippen molar-refractivity contribution in [3.05, 3.63) is 15.8 Å². The predicted octanol–water partition coefficient (Wildman–Crippen LogP) is 0.942. The van der Waals surface area contributed by atoms with Crippen LogP contribution in [0.5, 0.6) is 0 Å². The highest BCUT2D eigenvalue weighted by atomic mass is 16.6. The van der Waals surface area contributed by atoms with E-state index in [2.05, 4.69) is 15.3 Å². The van der Waals surface area contributed by atoms with Gasteiger partial charge in [-0.1, -0.05) is 0 Å². The highest BCUT2D eigenvalue weighted by Gasteiger charge is 2.33. The first kappa shape index (κ1) is 14.4. The highest BCUT2D eigenvalue weighted by Crippen LogP contribution is 2.33. The molecule has 2 atom stereocenters. The number of aliphatic hydroxyl groups excluding tert-OH is 1. The standard InChI is InChI=1S/C12H19N5O3/c1-7-10(17(19)20)11(15-12(13-3)14-7)16-5-4-9(6-16)8(2)18/h8-9,18H,4-6H2,1-3H3,(H,13,14,15). The Morgan fingerprint density at radius 3 is 2.75 bits per heavy atom. The van der Waals surface area contributed by atoms with Crippen molar-refractivity contribution in [2.24, 2.45) is 5.92 Å².